The number of ketones is 1. The van der Waals surface area contributed by atoms with Gasteiger partial charge in [-0.15, -0.1) is 0 Å². The van der Waals surface area contributed by atoms with Crippen LogP contribution in [0, 0.1) is 0 Å². The van der Waals surface area contributed by atoms with E-state index in [-0.39, 0.29) is 23.3 Å². The number of halogens is 1. The van der Waals surface area contributed by atoms with Gasteiger partial charge in [0.25, 0.3) is 5.78 Å². The Labute approximate surface area is 108 Å². The summed E-state index contributed by atoms with van der Waals surface area (Å²) in [5.41, 5.74) is 0.561. The SMILES string of the molecule is CC(C)c1c(C(=O)C(=O)O)cc(Cl)c2c1OCO2. The Balaban J connectivity index is 2.70. The molecule has 1 heterocycles. The summed E-state index contributed by atoms with van der Waals surface area (Å²) in [6.45, 7) is 3.69. The third kappa shape index (κ3) is 1.90. The van der Waals surface area contributed by atoms with Gasteiger partial charge in [0.15, 0.2) is 11.5 Å². The van der Waals surface area contributed by atoms with Crippen molar-refractivity contribution in [2.45, 2.75) is 19.8 Å². The van der Waals surface area contributed by atoms with Gasteiger partial charge in [-0.25, -0.2) is 4.79 Å². The van der Waals surface area contributed by atoms with Crippen LogP contribution in [-0.4, -0.2) is 23.7 Å². The third-order valence-electron chi connectivity index (χ3n) is 2.65. The molecule has 1 aliphatic rings. The Bertz CT molecular complexity index is 536. The zero-order valence-corrected chi connectivity index (χ0v) is 10.6. The highest BCUT2D eigenvalue weighted by molar-refractivity contribution is 6.41. The molecule has 0 atom stereocenters. The molecule has 1 N–H and O–H groups in total. The number of hydrogen-bond acceptors (Lipinski definition) is 4. The zero-order chi connectivity index (χ0) is 13.4. The maximum absolute atomic E-state index is 11.7. The van der Waals surface area contributed by atoms with Gasteiger partial charge in [-0.1, -0.05) is 25.4 Å². The Morgan fingerprint density at radius 3 is 2.50 bits per heavy atom. The molecule has 0 saturated carbocycles. The normalized spacial score (nSPS) is 12.9. The van der Waals surface area contributed by atoms with Gasteiger partial charge >= 0.3 is 5.97 Å². The number of carbonyl (C=O) groups excluding carboxylic acids is 1. The number of carboxylic acid groups (broad SMARTS) is 1. The van der Waals surface area contributed by atoms with Crippen molar-refractivity contribution in [2.24, 2.45) is 0 Å². The number of ether oxygens (including phenoxy) is 2. The molecule has 18 heavy (non-hydrogen) atoms. The first-order chi connectivity index (χ1) is 8.43. The van der Waals surface area contributed by atoms with Crippen LogP contribution in [0.15, 0.2) is 6.07 Å². The molecule has 0 bridgehead atoms. The second-order valence-electron chi connectivity index (χ2n) is 4.17. The van der Waals surface area contributed by atoms with E-state index in [1.54, 1.807) is 0 Å². The number of aliphatic carboxylic acids is 1. The van der Waals surface area contributed by atoms with Crippen LogP contribution in [0.5, 0.6) is 11.5 Å². The molecule has 2 rings (SSSR count). The lowest BCUT2D eigenvalue weighted by atomic mass is 9.93. The van der Waals surface area contributed by atoms with E-state index in [9.17, 15) is 9.59 Å². The van der Waals surface area contributed by atoms with E-state index < -0.39 is 11.8 Å². The fourth-order valence-electron chi connectivity index (χ4n) is 1.92. The Morgan fingerprint density at radius 1 is 1.33 bits per heavy atom. The molecule has 1 aromatic carbocycles. The second-order valence-corrected chi connectivity index (χ2v) is 4.58. The van der Waals surface area contributed by atoms with E-state index >= 15 is 0 Å². The smallest absolute Gasteiger partial charge is 0.377 e. The zero-order valence-electron chi connectivity index (χ0n) is 9.82. The highest BCUT2D eigenvalue weighted by Crippen LogP contribution is 2.46. The average Bonchev–Trinajstić information content (AvgIpc) is 2.76. The van der Waals surface area contributed by atoms with Crippen molar-refractivity contribution >= 4 is 23.4 Å². The highest BCUT2D eigenvalue weighted by atomic mass is 35.5. The molecule has 1 aliphatic heterocycles. The monoisotopic (exact) mass is 270 g/mol. The van der Waals surface area contributed by atoms with Crippen molar-refractivity contribution < 1.29 is 24.2 Å². The van der Waals surface area contributed by atoms with Crippen LogP contribution in [0.2, 0.25) is 5.02 Å². The van der Waals surface area contributed by atoms with Gasteiger partial charge in [-0.3, -0.25) is 4.79 Å². The molecule has 5 nitrogen and oxygen atoms in total. The number of carboxylic acids is 1. The topological polar surface area (TPSA) is 72.8 Å². The first kappa shape index (κ1) is 12.7. The minimum absolute atomic E-state index is 0.0134. The molecule has 0 aliphatic carbocycles. The lowest BCUT2D eigenvalue weighted by Gasteiger charge is -2.14. The summed E-state index contributed by atoms with van der Waals surface area (Å²) < 4.78 is 10.5. The number of Topliss-reactive ketones (excluding diaryl/α,β-unsaturated/α-hetero) is 1. The summed E-state index contributed by atoms with van der Waals surface area (Å²) in [5.74, 6) is -1.88. The van der Waals surface area contributed by atoms with Crippen molar-refractivity contribution in [3.63, 3.8) is 0 Å². The molecule has 6 heteroatoms. The second kappa shape index (κ2) is 4.49. The Hall–Kier alpha value is -1.75. The molecule has 0 amide bonds. The van der Waals surface area contributed by atoms with Gasteiger partial charge in [0.05, 0.1) is 5.02 Å². The fraction of sp³-hybridized carbons (Fsp3) is 0.333. The molecule has 0 fully saturated rings. The van der Waals surface area contributed by atoms with Crippen molar-refractivity contribution in [1.29, 1.82) is 0 Å². The first-order valence-corrected chi connectivity index (χ1v) is 5.71. The number of carbonyl (C=O) groups is 2. The standard InChI is InChI=1S/C12H11ClO5/c1-5(2)8-6(9(14)12(15)16)3-7(13)10-11(8)18-4-17-10/h3,5H,4H2,1-2H3,(H,15,16). The van der Waals surface area contributed by atoms with E-state index in [2.05, 4.69) is 0 Å². The summed E-state index contributed by atoms with van der Waals surface area (Å²) in [6, 6.07) is 1.32. The summed E-state index contributed by atoms with van der Waals surface area (Å²) >= 11 is 5.95. The quantitative estimate of drug-likeness (QED) is 0.675. The Kier molecular flexibility index (Phi) is 3.17. The van der Waals surface area contributed by atoms with E-state index in [4.69, 9.17) is 26.2 Å². The van der Waals surface area contributed by atoms with Gasteiger partial charge < -0.3 is 14.6 Å². The third-order valence-corrected chi connectivity index (χ3v) is 2.93. The van der Waals surface area contributed by atoms with Gasteiger partial charge in [0.2, 0.25) is 6.79 Å². The molecule has 1 aromatic rings. The van der Waals surface area contributed by atoms with Gasteiger partial charge in [0.1, 0.15) is 0 Å². The predicted molar refractivity (Wildman–Crippen MR) is 63.6 cm³/mol. The van der Waals surface area contributed by atoms with E-state index in [0.717, 1.165) is 0 Å². The van der Waals surface area contributed by atoms with Gasteiger partial charge in [-0.2, -0.15) is 0 Å². The van der Waals surface area contributed by atoms with Gasteiger partial charge in [-0.05, 0) is 12.0 Å². The summed E-state index contributed by atoms with van der Waals surface area (Å²) in [4.78, 5) is 22.5. The van der Waals surface area contributed by atoms with Crippen LogP contribution < -0.4 is 9.47 Å². The Morgan fingerprint density at radius 2 is 1.94 bits per heavy atom. The average molecular weight is 271 g/mol. The minimum Gasteiger partial charge on any atom is -0.475 e. The molecular weight excluding hydrogens is 260 g/mol. The molecule has 96 valence electrons. The summed E-state index contributed by atoms with van der Waals surface area (Å²) in [6.07, 6.45) is 0. The molecular formula is C12H11ClO5. The lowest BCUT2D eigenvalue weighted by Crippen LogP contribution is -2.16. The van der Waals surface area contributed by atoms with Crippen LogP contribution >= 0.6 is 11.6 Å². The van der Waals surface area contributed by atoms with Crippen molar-refractivity contribution in [3.8, 4) is 11.5 Å². The van der Waals surface area contributed by atoms with E-state index in [1.807, 2.05) is 13.8 Å². The highest BCUT2D eigenvalue weighted by Gasteiger charge is 2.30. The number of hydrogen-bond donors (Lipinski definition) is 1. The summed E-state index contributed by atoms with van der Waals surface area (Å²) in [5, 5.41) is 8.99. The fourth-order valence-corrected chi connectivity index (χ4v) is 2.17. The number of rotatable bonds is 3. The number of benzene rings is 1. The van der Waals surface area contributed by atoms with Crippen LogP contribution in [0.3, 0.4) is 0 Å². The minimum atomic E-state index is -1.52. The first-order valence-electron chi connectivity index (χ1n) is 5.33. The largest absolute Gasteiger partial charge is 0.475 e. The van der Waals surface area contributed by atoms with E-state index in [1.165, 1.54) is 6.07 Å². The predicted octanol–water partition coefficient (Wildman–Crippen LogP) is 2.46. The maximum Gasteiger partial charge on any atom is 0.377 e. The van der Waals surface area contributed by atoms with Crippen molar-refractivity contribution in [3.05, 3.63) is 22.2 Å². The van der Waals surface area contributed by atoms with Crippen LogP contribution in [-0.2, 0) is 4.79 Å². The molecule has 0 aromatic heterocycles. The van der Waals surface area contributed by atoms with Crippen LogP contribution in [0.25, 0.3) is 0 Å². The summed E-state index contributed by atoms with van der Waals surface area (Å²) in [7, 11) is 0. The van der Waals surface area contributed by atoms with Crippen LogP contribution in [0.1, 0.15) is 35.7 Å². The maximum atomic E-state index is 11.7. The van der Waals surface area contributed by atoms with Crippen molar-refractivity contribution in [2.75, 3.05) is 6.79 Å². The molecule has 0 unspecified atom stereocenters. The number of fused-ring (bicyclic) bond motifs is 1. The molecule has 0 radical (unpaired) electrons. The van der Waals surface area contributed by atoms with Crippen LogP contribution in [0.4, 0.5) is 0 Å². The van der Waals surface area contributed by atoms with Gasteiger partial charge in [0, 0.05) is 11.1 Å². The molecule has 0 saturated heterocycles. The molecule has 0 spiro atoms. The van der Waals surface area contributed by atoms with Crippen molar-refractivity contribution in [1.82, 2.24) is 0 Å². The van der Waals surface area contributed by atoms with E-state index in [0.29, 0.717) is 17.1 Å². The lowest BCUT2D eigenvalue weighted by molar-refractivity contribution is -0.131.